The number of amides is 1. The molecule has 1 N–H and O–H groups in total. The van der Waals surface area contributed by atoms with Crippen molar-refractivity contribution in [1.29, 1.82) is 0 Å². The van der Waals surface area contributed by atoms with Gasteiger partial charge in [0.05, 0.1) is 0 Å². The van der Waals surface area contributed by atoms with E-state index in [0.29, 0.717) is 12.8 Å². The van der Waals surface area contributed by atoms with Crippen LogP contribution in [0.2, 0.25) is 0 Å². The molecule has 0 spiro atoms. The molecule has 2 aliphatic carbocycles. The molecule has 0 unspecified atom stereocenters. The highest BCUT2D eigenvalue weighted by atomic mass is 16.6. The van der Waals surface area contributed by atoms with Crippen LogP contribution < -0.4 is 0 Å². The Kier molecular flexibility index (Phi) is 5.80. The number of carbonyl (C=O) groups is 2. The number of carboxylic acids is 1. The third-order valence-corrected chi connectivity index (χ3v) is 7.29. The van der Waals surface area contributed by atoms with Crippen molar-refractivity contribution in [2.45, 2.75) is 65.3 Å². The van der Waals surface area contributed by atoms with Crippen molar-refractivity contribution in [2.24, 2.45) is 10.8 Å². The summed E-state index contributed by atoms with van der Waals surface area (Å²) in [6.07, 6.45) is 1.19. The molecule has 1 saturated carbocycles. The van der Waals surface area contributed by atoms with Gasteiger partial charge in [-0.15, -0.1) is 0 Å². The molecule has 0 saturated heterocycles. The van der Waals surface area contributed by atoms with Gasteiger partial charge in [0.2, 0.25) is 0 Å². The molecular formula is C28H35NO4. The smallest absolute Gasteiger partial charge is 0.410 e. The minimum Gasteiger partial charge on any atom is -0.479 e. The first-order valence-electron chi connectivity index (χ1n) is 11.9. The maximum absolute atomic E-state index is 13.4. The van der Waals surface area contributed by atoms with Crippen LogP contribution in [0.1, 0.15) is 70.9 Å². The second-order valence-electron chi connectivity index (χ2n) is 11.2. The predicted octanol–water partition coefficient (Wildman–Crippen LogP) is 6.32. The molecule has 0 aromatic heterocycles. The molecule has 5 nitrogen and oxygen atoms in total. The minimum absolute atomic E-state index is 0.0555. The zero-order valence-electron chi connectivity index (χ0n) is 20.4. The van der Waals surface area contributed by atoms with E-state index in [0.717, 1.165) is 17.5 Å². The average molecular weight is 450 g/mol. The first-order chi connectivity index (χ1) is 15.5. The number of carboxylic acid groups (broad SMARTS) is 1. The van der Waals surface area contributed by atoms with Crippen LogP contribution in [0.25, 0.3) is 11.1 Å². The highest BCUT2D eigenvalue weighted by molar-refractivity contribution is 5.85. The largest absolute Gasteiger partial charge is 0.479 e. The molecule has 1 fully saturated rings. The normalized spacial score (nSPS) is 19.9. The van der Waals surface area contributed by atoms with E-state index in [-0.39, 0.29) is 29.9 Å². The van der Waals surface area contributed by atoms with Gasteiger partial charge in [-0.2, -0.15) is 0 Å². The van der Waals surface area contributed by atoms with Gasteiger partial charge in [-0.05, 0) is 59.3 Å². The average Bonchev–Trinajstić information content (AvgIpc) is 3.04. The molecule has 0 bridgehead atoms. The lowest BCUT2D eigenvalue weighted by molar-refractivity contribution is -0.160. The third-order valence-electron chi connectivity index (χ3n) is 7.29. The number of rotatable bonds is 5. The van der Waals surface area contributed by atoms with E-state index >= 15 is 0 Å². The van der Waals surface area contributed by atoms with Crippen molar-refractivity contribution in [2.75, 3.05) is 13.2 Å². The number of likely N-dealkylation sites (N-methyl/N-ethyl adjacent to an activating group) is 1. The lowest BCUT2D eigenvalue weighted by Crippen LogP contribution is -2.63. The van der Waals surface area contributed by atoms with Gasteiger partial charge in [-0.25, -0.2) is 9.59 Å². The third kappa shape index (κ3) is 4.14. The van der Waals surface area contributed by atoms with E-state index in [1.54, 1.807) is 0 Å². The second kappa shape index (κ2) is 8.19. The first-order valence-corrected chi connectivity index (χ1v) is 11.9. The Hall–Kier alpha value is -2.82. The Morgan fingerprint density at radius 2 is 1.39 bits per heavy atom. The van der Waals surface area contributed by atoms with Crippen LogP contribution in [0.5, 0.6) is 0 Å². The van der Waals surface area contributed by atoms with Gasteiger partial charge in [0.1, 0.15) is 12.1 Å². The summed E-state index contributed by atoms with van der Waals surface area (Å²) in [7, 11) is 0. The zero-order valence-corrected chi connectivity index (χ0v) is 20.4. The number of carbonyl (C=O) groups excluding carboxylic acids is 1. The fourth-order valence-electron chi connectivity index (χ4n) is 6.80. The van der Waals surface area contributed by atoms with E-state index in [4.69, 9.17) is 4.74 Å². The maximum Gasteiger partial charge on any atom is 0.410 e. The summed E-state index contributed by atoms with van der Waals surface area (Å²) < 4.78 is 5.88. The monoisotopic (exact) mass is 449 g/mol. The number of aliphatic carboxylic acids is 1. The Labute approximate surface area is 196 Å². The van der Waals surface area contributed by atoms with Crippen molar-refractivity contribution < 1.29 is 19.4 Å². The summed E-state index contributed by atoms with van der Waals surface area (Å²) in [5, 5.41) is 10.4. The molecule has 0 heterocycles. The van der Waals surface area contributed by atoms with Gasteiger partial charge in [0.15, 0.2) is 0 Å². The van der Waals surface area contributed by atoms with Crippen LogP contribution in [0.4, 0.5) is 4.79 Å². The lowest BCUT2D eigenvalue weighted by atomic mass is 9.58. The molecule has 4 rings (SSSR count). The van der Waals surface area contributed by atoms with Crippen LogP contribution in [0.3, 0.4) is 0 Å². The Bertz CT molecular complexity index is 1010. The first kappa shape index (κ1) is 23.3. The van der Waals surface area contributed by atoms with Gasteiger partial charge in [-0.3, -0.25) is 4.90 Å². The number of ether oxygens (including phenoxy) is 1. The summed E-state index contributed by atoms with van der Waals surface area (Å²) in [5.41, 5.74) is 2.94. The van der Waals surface area contributed by atoms with Crippen LogP contribution >= 0.6 is 0 Å². The van der Waals surface area contributed by atoms with Gasteiger partial charge in [-0.1, -0.05) is 76.2 Å². The number of benzene rings is 2. The zero-order chi connectivity index (χ0) is 24.0. The van der Waals surface area contributed by atoms with E-state index in [9.17, 15) is 14.7 Å². The van der Waals surface area contributed by atoms with E-state index in [1.165, 1.54) is 16.0 Å². The predicted molar refractivity (Wildman–Crippen MR) is 129 cm³/mol. The molecule has 2 aromatic rings. The molecule has 2 aliphatic rings. The Morgan fingerprint density at radius 3 is 1.85 bits per heavy atom. The highest BCUT2D eigenvalue weighted by Gasteiger charge is 2.56. The number of hydrogen-bond donors (Lipinski definition) is 1. The van der Waals surface area contributed by atoms with Crippen molar-refractivity contribution >= 4 is 12.1 Å². The quantitative estimate of drug-likeness (QED) is 0.580. The summed E-state index contributed by atoms with van der Waals surface area (Å²) in [6, 6.07) is 16.4. The standard InChI is InChI=1S/C28H35NO4/c1-6-29(28(24(30)31)17-26(2,3)16-27(4,5)18-28)25(32)33-15-23-21-13-9-7-11-19(21)20-12-8-10-14-22(20)23/h7-14,23H,6,15-18H2,1-5H3,(H,30,31). The molecule has 5 heteroatoms. The van der Waals surface area contributed by atoms with E-state index < -0.39 is 17.6 Å². The summed E-state index contributed by atoms with van der Waals surface area (Å²) in [4.78, 5) is 27.6. The summed E-state index contributed by atoms with van der Waals surface area (Å²) in [6.45, 7) is 10.7. The van der Waals surface area contributed by atoms with Crippen LogP contribution in [-0.2, 0) is 9.53 Å². The van der Waals surface area contributed by atoms with Gasteiger partial charge in [0.25, 0.3) is 0 Å². The number of nitrogens with zero attached hydrogens (tertiary/aromatic N) is 1. The lowest BCUT2D eigenvalue weighted by Gasteiger charge is -2.53. The van der Waals surface area contributed by atoms with Crippen molar-refractivity contribution in [3.63, 3.8) is 0 Å². The topological polar surface area (TPSA) is 66.8 Å². The molecule has 0 atom stereocenters. The molecule has 0 radical (unpaired) electrons. The van der Waals surface area contributed by atoms with Crippen LogP contribution in [0.15, 0.2) is 48.5 Å². The molecule has 176 valence electrons. The SMILES string of the molecule is CCN(C(=O)OCC1c2ccccc2-c2ccccc21)C1(C(=O)O)CC(C)(C)CC(C)(C)C1. The van der Waals surface area contributed by atoms with Crippen molar-refractivity contribution in [3.8, 4) is 11.1 Å². The van der Waals surface area contributed by atoms with E-state index in [1.807, 2.05) is 31.2 Å². The molecule has 0 aliphatic heterocycles. The van der Waals surface area contributed by atoms with Gasteiger partial charge >= 0.3 is 12.1 Å². The fourth-order valence-corrected chi connectivity index (χ4v) is 6.80. The second-order valence-corrected chi connectivity index (χ2v) is 11.2. The Morgan fingerprint density at radius 1 is 0.909 bits per heavy atom. The van der Waals surface area contributed by atoms with Crippen molar-refractivity contribution in [1.82, 2.24) is 4.90 Å². The van der Waals surface area contributed by atoms with Crippen LogP contribution in [0, 0.1) is 10.8 Å². The summed E-state index contributed by atoms with van der Waals surface area (Å²) in [5.74, 6) is -1.00. The van der Waals surface area contributed by atoms with Crippen molar-refractivity contribution in [3.05, 3.63) is 59.7 Å². The molecule has 2 aromatic carbocycles. The molecular weight excluding hydrogens is 414 g/mol. The maximum atomic E-state index is 13.4. The number of hydrogen-bond acceptors (Lipinski definition) is 3. The minimum atomic E-state index is -1.28. The highest BCUT2D eigenvalue weighted by Crippen LogP contribution is 2.52. The molecule has 1 amide bonds. The Balaban J connectivity index is 1.60. The van der Waals surface area contributed by atoms with Crippen LogP contribution in [-0.4, -0.2) is 40.8 Å². The van der Waals surface area contributed by atoms with E-state index in [2.05, 4.69) is 52.0 Å². The van der Waals surface area contributed by atoms with Gasteiger partial charge in [0, 0.05) is 12.5 Å². The number of fused-ring (bicyclic) bond motifs is 3. The molecule has 33 heavy (non-hydrogen) atoms. The fraction of sp³-hybridized carbons (Fsp3) is 0.500. The van der Waals surface area contributed by atoms with Gasteiger partial charge < -0.3 is 9.84 Å². The summed E-state index contributed by atoms with van der Waals surface area (Å²) >= 11 is 0.